The molecule has 0 fully saturated rings. The first kappa shape index (κ1) is 26.0. The van der Waals surface area contributed by atoms with Crippen LogP contribution in [0.3, 0.4) is 0 Å². The number of carbonyl (C=O) groups is 1. The molecule has 2 aromatic carbocycles. The summed E-state index contributed by atoms with van der Waals surface area (Å²) in [7, 11) is 0. The van der Waals surface area contributed by atoms with Crippen molar-refractivity contribution in [3.63, 3.8) is 0 Å². The van der Waals surface area contributed by atoms with Crippen molar-refractivity contribution in [2.24, 2.45) is 16.5 Å². The van der Waals surface area contributed by atoms with Crippen LogP contribution in [0.25, 0.3) is 0 Å². The van der Waals surface area contributed by atoms with E-state index < -0.39 is 5.91 Å². The minimum atomic E-state index is -0.427. The second kappa shape index (κ2) is 11.8. The summed E-state index contributed by atoms with van der Waals surface area (Å²) in [5, 5.41) is 22.5. The predicted octanol–water partition coefficient (Wildman–Crippen LogP) is 3.61. The highest BCUT2D eigenvalue weighted by Gasteiger charge is 2.26. The van der Waals surface area contributed by atoms with Gasteiger partial charge in [-0.15, -0.1) is 11.3 Å². The molecule has 3 aromatic rings. The number of nitrogens with one attached hydrogen (secondary N) is 1. The Labute approximate surface area is 223 Å². The van der Waals surface area contributed by atoms with Gasteiger partial charge in [0.25, 0.3) is 5.91 Å². The highest BCUT2D eigenvalue weighted by Crippen LogP contribution is 2.37. The first-order chi connectivity index (χ1) is 17.9. The Morgan fingerprint density at radius 1 is 1.19 bits per heavy atom. The number of thiophene rings is 1. The molecule has 2 heterocycles. The first-order valence-corrected chi connectivity index (χ1v) is 12.6. The molecule has 0 bridgehead atoms. The zero-order chi connectivity index (χ0) is 26.4. The van der Waals surface area contributed by atoms with E-state index >= 15 is 0 Å². The Bertz CT molecular complexity index is 1420. The van der Waals surface area contributed by atoms with E-state index in [1.807, 2.05) is 24.3 Å². The molecule has 0 aliphatic carbocycles. The number of carbonyl (C=O) groups excluding carboxylic acids is 1. The zero-order valence-electron chi connectivity index (χ0n) is 19.8. The molecule has 0 saturated carbocycles. The van der Waals surface area contributed by atoms with Crippen molar-refractivity contribution in [1.82, 2.24) is 4.90 Å². The van der Waals surface area contributed by atoms with E-state index in [0.29, 0.717) is 34.8 Å². The van der Waals surface area contributed by atoms with Gasteiger partial charge >= 0.3 is 0 Å². The third-order valence-corrected chi connectivity index (χ3v) is 7.26. The average Bonchev–Trinajstić information content (AvgIpc) is 3.23. The SMILES string of the molecule is N#Cc1ccc(CN2CCc3c(sc(NC(=O)c4cc(OCCN=C(N)N)ccc4Cl)c3C#N)C2)cc1. The van der Waals surface area contributed by atoms with Gasteiger partial charge in [-0.2, -0.15) is 10.5 Å². The number of anilines is 1. The number of ether oxygens (including phenoxy) is 1. The molecule has 11 heteroatoms. The van der Waals surface area contributed by atoms with Crippen LogP contribution in [-0.4, -0.2) is 36.5 Å². The lowest BCUT2D eigenvalue weighted by Gasteiger charge is -2.26. The second-order valence-electron chi connectivity index (χ2n) is 8.34. The second-order valence-corrected chi connectivity index (χ2v) is 9.85. The Morgan fingerprint density at radius 3 is 2.68 bits per heavy atom. The van der Waals surface area contributed by atoms with Gasteiger partial charge in [0.05, 0.1) is 34.3 Å². The van der Waals surface area contributed by atoms with E-state index in [1.165, 1.54) is 11.3 Å². The zero-order valence-corrected chi connectivity index (χ0v) is 21.4. The largest absolute Gasteiger partial charge is 0.492 e. The number of rotatable bonds is 8. The molecule has 1 amide bonds. The summed E-state index contributed by atoms with van der Waals surface area (Å²) in [5.74, 6) is -0.00179. The van der Waals surface area contributed by atoms with E-state index in [4.69, 9.17) is 33.1 Å². The summed E-state index contributed by atoms with van der Waals surface area (Å²) in [4.78, 5) is 20.3. The summed E-state index contributed by atoms with van der Waals surface area (Å²) >= 11 is 7.70. The topological polar surface area (TPSA) is 154 Å². The molecular weight excluding hydrogens is 510 g/mol. The van der Waals surface area contributed by atoms with E-state index in [0.717, 1.165) is 29.1 Å². The van der Waals surface area contributed by atoms with Crippen molar-refractivity contribution in [3.05, 3.63) is 80.2 Å². The fourth-order valence-electron chi connectivity index (χ4n) is 4.02. The van der Waals surface area contributed by atoms with Crippen LogP contribution in [0.5, 0.6) is 5.75 Å². The number of fused-ring (bicyclic) bond motifs is 1. The van der Waals surface area contributed by atoms with E-state index in [-0.39, 0.29) is 29.7 Å². The van der Waals surface area contributed by atoms with Crippen LogP contribution in [0, 0.1) is 22.7 Å². The van der Waals surface area contributed by atoms with E-state index in [1.54, 1.807) is 18.2 Å². The van der Waals surface area contributed by atoms with Gasteiger partial charge in [0.1, 0.15) is 23.4 Å². The van der Waals surface area contributed by atoms with Crippen LogP contribution < -0.4 is 21.5 Å². The van der Waals surface area contributed by atoms with Crippen molar-refractivity contribution in [2.75, 3.05) is 25.0 Å². The van der Waals surface area contributed by atoms with Gasteiger partial charge in [-0.25, -0.2) is 0 Å². The predicted molar refractivity (Wildman–Crippen MR) is 144 cm³/mol. The van der Waals surface area contributed by atoms with Gasteiger partial charge in [-0.1, -0.05) is 23.7 Å². The summed E-state index contributed by atoms with van der Waals surface area (Å²) in [6.07, 6.45) is 0.709. The van der Waals surface area contributed by atoms with E-state index in [9.17, 15) is 10.1 Å². The molecular formula is C26H24ClN7O2S. The number of amides is 1. The molecule has 0 unspecified atom stereocenters. The van der Waals surface area contributed by atoms with Crippen LogP contribution >= 0.6 is 22.9 Å². The molecule has 0 radical (unpaired) electrons. The number of nitriles is 2. The molecule has 1 aliphatic heterocycles. The summed E-state index contributed by atoms with van der Waals surface area (Å²) in [6, 6.07) is 16.7. The standard InChI is InChI=1S/C26H24ClN7O2S/c27-22-6-5-18(36-10-8-32-26(30)31)11-20(22)24(35)33-25-21(13-29)19-7-9-34(15-23(19)37-25)14-17-3-1-16(12-28)2-4-17/h1-6,11H,7-10,14-15H2,(H,33,35)(H4,30,31,32). The molecule has 4 rings (SSSR count). The summed E-state index contributed by atoms with van der Waals surface area (Å²) < 4.78 is 5.61. The number of benzene rings is 2. The highest BCUT2D eigenvalue weighted by molar-refractivity contribution is 7.16. The molecule has 1 aliphatic rings. The molecule has 5 N–H and O–H groups in total. The van der Waals surface area contributed by atoms with Crippen LogP contribution in [0.4, 0.5) is 5.00 Å². The van der Waals surface area contributed by atoms with Gasteiger partial charge in [-0.3, -0.25) is 14.7 Å². The maximum absolute atomic E-state index is 13.1. The number of aliphatic imine (C=N–C) groups is 1. The van der Waals surface area contributed by atoms with Gasteiger partial charge in [0.15, 0.2) is 5.96 Å². The summed E-state index contributed by atoms with van der Waals surface area (Å²) in [5.41, 5.74) is 14.1. The summed E-state index contributed by atoms with van der Waals surface area (Å²) in [6.45, 7) is 2.70. The molecule has 0 atom stereocenters. The number of nitrogens with two attached hydrogens (primary N) is 2. The third kappa shape index (κ3) is 6.38. The lowest BCUT2D eigenvalue weighted by molar-refractivity contribution is 0.102. The Morgan fingerprint density at radius 2 is 1.97 bits per heavy atom. The Hall–Kier alpha value is -4.09. The fourth-order valence-corrected chi connectivity index (χ4v) is 5.46. The fraction of sp³-hybridized carbons (Fsp3) is 0.231. The number of hydrogen-bond donors (Lipinski definition) is 3. The number of halogens is 1. The first-order valence-electron chi connectivity index (χ1n) is 11.4. The van der Waals surface area contributed by atoms with Gasteiger partial charge in [0, 0.05) is 24.5 Å². The third-order valence-electron chi connectivity index (χ3n) is 5.80. The molecule has 37 heavy (non-hydrogen) atoms. The Kier molecular flexibility index (Phi) is 8.26. The van der Waals surface area contributed by atoms with Crippen molar-refractivity contribution in [3.8, 4) is 17.9 Å². The van der Waals surface area contributed by atoms with Gasteiger partial charge in [0.2, 0.25) is 0 Å². The number of guanidine groups is 1. The lowest BCUT2D eigenvalue weighted by Crippen LogP contribution is -2.29. The maximum atomic E-state index is 13.1. The lowest BCUT2D eigenvalue weighted by atomic mass is 10.0. The van der Waals surface area contributed by atoms with Gasteiger partial charge in [-0.05, 0) is 47.9 Å². The van der Waals surface area contributed by atoms with Crippen molar-refractivity contribution in [1.29, 1.82) is 10.5 Å². The Balaban J connectivity index is 1.46. The molecule has 0 saturated heterocycles. The van der Waals surface area contributed by atoms with Crippen molar-refractivity contribution in [2.45, 2.75) is 19.5 Å². The molecule has 188 valence electrons. The average molecular weight is 534 g/mol. The monoisotopic (exact) mass is 533 g/mol. The minimum absolute atomic E-state index is 0.0240. The molecule has 0 spiro atoms. The highest BCUT2D eigenvalue weighted by atomic mass is 35.5. The molecule has 1 aromatic heterocycles. The van der Waals surface area contributed by atoms with Crippen LogP contribution in [0.1, 0.15) is 37.5 Å². The van der Waals surface area contributed by atoms with Crippen LogP contribution in [0.2, 0.25) is 5.02 Å². The van der Waals surface area contributed by atoms with Crippen molar-refractivity contribution < 1.29 is 9.53 Å². The maximum Gasteiger partial charge on any atom is 0.257 e. The minimum Gasteiger partial charge on any atom is -0.492 e. The van der Waals surface area contributed by atoms with Crippen LogP contribution in [-0.2, 0) is 19.5 Å². The quantitative estimate of drug-likeness (QED) is 0.227. The number of hydrogen-bond acceptors (Lipinski definition) is 7. The smallest absolute Gasteiger partial charge is 0.257 e. The van der Waals surface area contributed by atoms with Crippen molar-refractivity contribution >= 4 is 39.8 Å². The van der Waals surface area contributed by atoms with Crippen LogP contribution in [0.15, 0.2) is 47.5 Å². The van der Waals surface area contributed by atoms with E-state index in [2.05, 4.69) is 27.3 Å². The normalized spacial score (nSPS) is 12.6. The number of nitrogens with zero attached hydrogens (tertiary/aromatic N) is 4. The molecule has 9 nitrogen and oxygen atoms in total. The van der Waals surface area contributed by atoms with Gasteiger partial charge < -0.3 is 21.5 Å².